The number of halogens is 1. The molecule has 1 heterocycles. The van der Waals surface area contributed by atoms with Crippen molar-refractivity contribution in [2.75, 3.05) is 12.4 Å². The molecule has 0 spiro atoms. The summed E-state index contributed by atoms with van der Waals surface area (Å²) in [6.07, 6.45) is 0.105. The van der Waals surface area contributed by atoms with Gasteiger partial charge in [0.05, 0.1) is 12.7 Å². The zero-order valence-electron chi connectivity index (χ0n) is 13.3. The highest BCUT2D eigenvalue weighted by Crippen LogP contribution is 2.30. The van der Waals surface area contributed by atoms with Crippen molar-refractivity contribution in [2.24, 2.45) is 0 Å². The van der Waals surface area contributed by atoms with E-state index in [1.807, 2.05) is 0 Å². The van der Waals surface area contributed by atoms with Crippen LogP contribution in [0.25, 0.3) is 0 Å². The lowest BCUT2D eigenvalue weighted by Gasteiger charge is -2.33. The number of hydrogen-bond acceptors (Lipinski definition) is 4. The molecule has 1 atom stereocenters. The Bertz CT molecular complexity index is 803. The topological polar surface area (TPSA) is 64.6 Å². The van der Waals surface area contributed by atoms with Gasteiger partial charge in [-0.05, 0) is 55.0 Å². The third-order valence-electron chi connectivity index (χ3n) is 3.96. The molecule has 1 aliphatic heterocycles. The fourth-order valence-electron chi connectivity index (χ4n) is 2.63. The van der Waals surface area contributed by atoms with Crippen LogP contribution in [0.15, 0.2) is 42.5 Å². The molecule has 5 nitrogen and oxygen atoms in total. The minimum Gasteiger partial charge on any atom is -0.497 e. The number of fused-ring (bicyclic) bond motifs is 1. The molecule has 0 fully saturated rings. The monoisotopic (exact) mass is 329 g/mol. The Morgan fingerprint density at radius 1 is 1.25 bits per heavy atom. The second-order valence-corrected chi connectivity index (χ2v) is 5.78. The van der Waals surface area contributed by atoms with Crippen LogP contribution in [0, 0.1) is 5.82 Å². The molecule has 6 heteroatoms. The van der Waals surface area contributed by atoms with Crippen LogP contribution < -0.4 is 10.1 Å². The summed E-state index contributed by atoms with van der Waals surface area (Å²) in [5.74, 6) is -0.909. The number of rotatable bonds is 3. The highest BCUT2D eigenvalue weighted by Gasteiger charge is 2.42. The first-order valence-corrected chi connectivity index (χ1v) is 7.38. The van der Waals surface area contributed by atoms with E-state index >= 15 is 0 Å². The minimum absolute atomic E-state index is 0.105. The molecule has 1 amide bonds. The van der Waals surface area contributed by atoms with Crippen LogP contribution in [0.2, 0.25) is 0 Å². The van der Waals surface area contributed by atoms with Gasteiger partial charge in [-0.1, -0.05) is 0 Å². The van der Waals surface area contributed by atoms with Gasteiger partial charge in [-0.15, -0.1) is 0 Å². The normalized spacial score (nSPS) is 19.2. The number of ether oxygens (including phenoxy) is 2. The van der Waals surface area contributed by atoms with Crippen LogP contribution in [0.1, 0.15) is 22.8 Å². The molecule has 0 saturated carbocycles. The zero-order chi connectivity index (χ0) is 17.3. The van der Waals surface area contributed by atoms with Gasteiger partial charge < -0.3 is 14.8 Å². The van der Waals surface area contributed by atoms with Gasteiger partial charge in [-0.2, -0.15) is 0 Å². The third kappa shape index (κ3) is 2.95. The van der Waals surface area contributed by atoms with E-state index in [1.54, 1.807) is 31.4 Å². The van der Waals surface area contributed by atoms with E-state index in [-0.39, 0.29) is 12.0 Å². The van der Waals surface area contributed by atoms with Gasteiger partial charge in [0.1, 0.15) is 11.6 Å². The highest BCUT2D eigenvalue weighted by molar-refractivity contribution is 6.02. The fourth-order valence-corrected chi connectivity index (χ4v) is 2.63. The number of hydrogen-bond donors (Lipinski definition) is 1. The van der Waals surface area contributed by atoms with Gasteiger partial charge in [0, 0.05) is 12.1 Å². The average molecular weight is 329 g/mol. The van der Waals surface area contributed by atoms with Crippen LogP contribution in [-0.2, 0) is 16.0 Å². The fraction of sp³-hybridized carbons (Fsp3) is 0.222. The van der Waals surface area contributed by atoms with Crippen LogP contribution in [0.4, 0.5) is 10.1 Å². The smallest absolute Gasteiger partial charge is 0.339 e. The average Bonchev–Trinajstić information content (AvgIpc) is 2.55. The van der Waals surface area contributed by atoms with Crippen LogP contribution in [-0.4, -0.2) is 24.6 Å². The number of esters is 1. The lowest BCUT2D eigenvalue weighted by atomic mass is 9.89. The van der Waals surface area contributed by atoms with Gasteiger partial charge in [0.15, 0.2) is 5.60 Å². The summed E-state index contributed by atoms with van der Waals surface area (Å²) in [4.78, 5) is 24.7. The van der Waals surface area contributed by atoms with Crippen molar-refractivity contribution in [1.29, 1.82) is 0 Å². The first-order valence-electron chi connectivity index (χ1n) is 7.38. The molecule has 0 radical (unpaired) electrons. The molecule has 2 aromatic rings. The second kappa shape index (κ2) is 5.96. The maximum atomic E-state index is 13.4. The van der Waals surface area contributed by atoms with Crippen LogP contribution in [0.3, 0.4) is 0 Å². The molecule has 1 unspecified atom stereocenters. The van der Waals surface area contributed by atoms with Crippen LogP contribution in [0.5, 0.6) is 5.75 Å². The first-order chi connectivity index (χ1) is 11.4. The Balaban J connectivity index is 1.82. The summed E-state index contributed by atoms with van der Waals surface area (Å²) in [6.45, 7) is 1.51. The molecule has 1 N–H and O–H groups in total. The van der Waals surface area contributed by atoms with Crippen molar-refractivity contribution < 1.29 is 23.5 Å². The number of benzene rings is 2. The van der Waals surface area contributed by atoms with Crippen molar-refractivity contribution in [2.45, 2.75) is 18.9 Å². The molecular formula is C18H16FNO4. The lowest BCUT2D eigenvalue weighted by Crippen LogP contribution is -2.48. The Hall–Kier alpha value is -2.89. The van der Waals surface area contributed by atoms with Crippen molar-refractivity contribution in [3.63, 3.8) is 0 Å². The Labute approximate surface area is 138 Å². The highest BCUT2D eigenvalue weighted by atomic mass is 19.1. The second-order valence-electron chi connectivity index (χ2n) is 5.78. The molecule has 3 rings (SSSR count). The summed E-state index contributed by atoms with van der Waals surface area (Å²) in [7, 11) is 1.55. The molecule has 24 heavy (non-hydrogen) atoms. The molecule has 0 aromatic heterocycles. The molecule has 0 saturated heterocycles. The maximum Gasteiger partial charge on any atom is 0.339 e. The van der Waals surface area contributed by atoms with E-state index in [1.165, 1.54) is 25.1 Å². The Morgan fingerprint density at radius 2 is 1.96 bits per heavy atom. The van der Waals surface area contributed by atoms with Crippen molar-refractivity contribution in [3.8, 4) is 5.75 Å². The number of methoxy groups -OCH3 is 1. The standard InChI is InChI=1S/C18H16FNO4/c1-18(17(22)20-13-4-6-14(23-2)7-5-13)10-11-9-12(19)3-8-15(11)16(21)24-18/h3-9H,10H2,1-2H3,(H,20,22). The van der Waals surface area contributed by atoms with Gasteiger partial charge in [-0.3, -0.25) is 4.79 Å². The number of carbonyl (C=O) groups excluding carboxylic acids is 2. The molecule has 0 bridgehead atoms. The maximum absolute atomic E-state index is 13.4. The summed E-state index contributed by atoms with van der Waals surface area (Å²) in [5, 5.41) is 2.70. The van der Waals surface area contributed by atoms with Gasteiger partial charge in [0.2, 0.25) is 0 Å². The van der Waals surface area contributed by atoms with Gasteiger partial charge >= 0.3 is 5.97 Å². The van der Waals surface area contributed by atoms with Crippen LogP contribution >= 0.6 is 0 Å². The van der Waals surface area contributed by atoms with Gasteiger partial charge in [-0.25, -0.2) is 9.18 Å². The van der Waals surface area contributed by atoms with Crippen molar-refractivity contribution >= 4 is 17.6 Å². The van der Waals surface area contributed by atoms with Crippen molar-refractivity contribution in [1.82, 2.24) is 0 Å². The molecule has 1 aliphatic rings. The molecule has 0 aliphatic carbocycles. The van der Waals surface area contributed by atoms with E-state index in [4.69, 9.17) is 9.47 Å². The molecular weight excluding hydrogens is 313 g/mol. The van der Waals surface area contributed by atoms with E-state index in [2.05, 4.69) is 5.32 Å². The minimum atomic E-state index is -1.40. The summed E-state index contributed by atoms with van der Waals surface area (Å²) in [6, 6.07) is 10.6. The van der Waals surface area contributed by atoms with E-state index in [0.717, 1.165) is 0 Å². The third-order valence-corrected chi connectivity index (χ3v) is 3.96. The largest absolute Gasteiger partial charge is 0.497 e. The lowest BCUT2D eigenvalue weighted by molar-refractivity contribution is -0.134. The predicted octanol–water partition coefficient (Wildman–Crippen LogP) is 2.94. The Kier molecular flexibility index (Phi) is 3.97. The number of carbonyl (C=O) groups is 2. The first kappa shape index (κ1) is 16.0. The summed E-state index contributed by atoms with van der Waals surface area (Å²) < 4.78 is 23.8. The quantitative estimate of drug-likeness (QED) is 0.880. The summed E-state index contributed by atoms with van der Waals surface area (Å²) in [5.41, 5.74) is -0.120. The number of cyclic esters (lactones) is 1. The Morgan fingerprint density at radius 3 is 2.62 bits per heavy atom. The predicted molar refractivity (Wildman–Crippen MR) is 85.5 cm³/mol. The zero-order valence-corrected chi connectivity index (χ0v) is 13.3. The van der Waals surface area contributed by atoms with Gasteiger partial charge in [0.25, 0.3) is 5.91 Å². The van der Waals surface area contributed by atoms with Crippen molar-refractivity contribution in [3.05, 3.63) is 59.4 Å². The van der Waals surface area contributed by atoms with E-state index in [0.29, 0.717) is 17.0 Å². The molecule has 2 aromatic carbocycles. The van der Waals surface area contributed by atoms with E-state index < -0.39 is 23.3 Å². The molecule has 124 valence electrons. The van der Waals surface area contributed by atoms with E-state index in [9.17, 15) is 14.0 Å². The number of nitrogens with one attached hydrogen (secondary N) is 1. The summed E-state index contributed by atoms with van der Waals surface area (Å²) >= 11 is 0. The number of amides is 1. The SMILES string of the molecule is COc1ccc(NC(=O)C2(C)Cc3cc(F)ccc3C(=O)O2)cc1. The number of anilines is 1.